The zero-order valence-electron chi connectivity index (χ0n) is 7.87. The summed E-state index contributed by atoms with van der Waals surface area (Å²) in [4.78, 5) is 0. The Kier molecular flexibility index (Phi) is 84200. The summed E-state index contributed by atoms with van der Waals surface area (Å²) in [6.07, 6.45) is 0.750. The van der Waals surface area contributed by atoms with Gasteiger partial charge in [0.05, 0.1) is 0 Å². The number of aliphatic hydroxyl groups is 1. The van der Waals surface area contributed by atoms with Crippen LogP contribution in [0.15, 0.2) is 0 Å². The van der Waals surface area contributed by atoms with E-state index in [1.165, 1.54) is 0 Å². The van der Waals surface area contributed by atoms with Crippen molar-refractivity contribution in [2.75, 3.05) is 0 Å². The molecule has 0 aliphatic carbocycles. The van der Waals surface area contributed by atoms with E-state index in [1.54, 1.807) is 0 Å². The van der Waals surface area contributed by atoms with Gasteiger partial charge in [0.2, 0.25) is 0 Å². The Morgan fingerprint density at radius 2 is 0.750 bits per heavy atom. The summed E-state index contributed by atoms with van der Waals surface area (Å²) in [6.45, 7) is 23.8. The van der Waals surface area contributed by atoms with Crippen molar-refractivity contribution in [1.29, 1.82) is 31.6 Å². The van der Waals surface area contributed by atoms with Gasteiger partial charge in [0, 0.05) is 0 Å². The molecule has 0 aliphatic rings. The topological polar surface area (TPSA) is 180 Å². The average molecular weight is 287 g/mol. The summed E-state index contributed by atoms with van der Waals surface area (Å²) in [6, 6.07) is 0. The monoisotopic (exact) mass is 287 g/mol. The molecule has 0 aromatic rings. The zero-order valence-corrected chi connectivity index (χ0v) is 12.0. The van der Waals surface area contributed by atoms with Gasteiger partial charge in [-0.1, -0.05) is 0 Å². The number of aliphatic hydroxyl groups excluding tert-OH is 1. The number of rotatable bonds is 0. The number of hydrogen-bond donors (Lipinski definition) is 1. The van der Waals surface area contributed by atoms with Gasteiger partial charge in [0.15, 0.2) is 0 Å². The first kappa shape index (κ1) is 61.6. The minimum absolute atomic E-state index is 0. The van der Waals surface area contributed by atoms with E-state index in [-0.39, 0.29) is 51.4 Å². The Bertz CT molecular complexity index is 159. The second-order valence-corrected chi connectivity index (χ2v) is 0.100. The van der Waals surface area contributed by atoms with Gasteiger partial charge in [-0.15, -0.1) is 0 Å². The van der Waals surface area contributed by atoms with Crippen LogP contribution in [0.5, 0.6) is 0 Å². The molecule has 1 N–H and O–H groups in total. The van der Waals surface area contributed by atoms with Gasteiger partial charge in [-0.05, 0) is 0 Å². The van der Waals surface area contributed by atoms with E-state index in [0.717, 1.165) is 6.26 Å². The second-order valence-electron chi connectivity index (χ2n) is 0.100. The summed E-state index contributed by atoms with van der Waals surface area (Å²) in [7, 11) is 0. The molecule has 0 amide bonds. The summed E-state index contributed by atoms with van der Waals surface area (Å²) < 4.78 is 7.94. The molecule has 81 valence electrons. The number of hydrogen-bond acceptors (Lipinski definition) is 8. The molecular formula is C6HCoKN6O2-4. The molecule has 0 unspecified atom stereocenters. The van der Waals surface area contributed by atoms with Crippen LogP contribution in [0.25, 0.3) is 0 Å². The van der Waals surface area contributed by atoms with Crippen molar-refractivity contribution in [3.05, 3.63) is 32.9 Å². The van der Waals surface area contributed by atoms with E-state index in [9.17, 15) is 0 Å². The van der Waals surface area contributed by atoms with Crippen LogP contribution < -0.4 is 51.4 Å². The molecule has 0 aromatic carbocycles. The molecule has 0 fully saturated rings. The third-order valence-electron chi connectivity index (χ3n) is 0. The van der Waals surface area contributed by atoms with Gasteiger partial charge in [-0.2, -0.15) is 5.26 Å². The number of nitriles is 1. The third kappa shape index (κ3) is 998. The fourth-order valence-electron chi connectivity index (χ4n) is 0. The molecule has 8 nitrogen and oxygen atoms in total. The van der Waals surface area contributed by atoms with Crippen LogP contribution in [0.2, 0.25) is 0 Å². The zero-order chi connectivity index (χ0) is 14.7. The molecular weight excluding hydrogens is 286 g/mol. The van der Waals surface area contributed by atoms with Crippen LogP contribution in [0.1, 0.15) is 0 Å². The minimum atomic E-state index is 0. The van der Waals surface area contributed by atoms with Crippen molar-refractivity contribution in [2.45, 2.75) is 0 Å². The van der Waals surface area contributed by atoms with Crippen LogP contribution in [0.3, 0.4) is 0 Å². The molecule has 10 heteroatoms. The molecule has 0 bridgehead atoms. The van der Waals surface area contributed by atoms with Crippen molar-refractivity contribution >= 4 is 0 Å². The van der Waals surface area contributed by atoms with Crippen molar-refractivity contribution in [1.82, 2.24) is 0 Å². The molecule has 0 aromatic heterocycles. The van der Waals surface area contributed by atoms with E-state index in [0.29, 0.717) is 0 Å². The Labute approximate surface area is 145 Å². The second kappa shape index (κ2) is 21900. The third-order valence-corrected chi connectivity index (χ3v) is 0. The van der Waals surface area contributed by atoms with E-state index >= 15 is 0 Å². The Hall–Kier alpha value is -1.32. The molecule has 16 heavy (non-hydrogen) atoms. The van der Waals surface area contributed by atoms with Gasteiger partial charge in [-0.3, -0.25) is 0 Å². The first-order valence-corrected chi connectivity index (χ1v) is 2.13. The predicted octanol–water partition coefficient (Wildman–Crippen LogP) is -2.80. The average Bonchev–Trinajstić information content (AvgIpc) is 2.44. The van der Waals surface area contributed by atoms with Gasteiger partial charge in [0.25, 0.3) is 6.26 Å². The van der Waals surface area contributed by atoms with Crippen LogP contribution in [0.4, 0.5) is 0 Å². The van der Waals surface area contributed by atoms with E-state index in [4.69, 9.17) is 73.4 Å². The molecule has 0 spiro atoms. The maximum atomic E-state index is 7.94. The van der Waals surface area contributed by atoms with Crippen molar-refractivity contribution in [3.63, 3.8) is 0 Å². The number of nitrogens with zero attached hydrogens (tertiary/aromatic N) is 6. The summed E-state index contributed by atoms with van der Waals surface area (Å²) >= 11 is 2.31. The predicted molar refractivity (Wildman–Crippen MR) is 33.1 cm³/mol. The van der Waals surface area contributed by atoms with Crippen LogP contribution in [0, 0.1) is 70.7 Å². The molecule has 0 heterocycles. The molecule has 0 aliphatic heterocycles. The summed E-state index contributed by atoms with van der Waals surface area (Å²) in [5.74, 6) is 0. The molecule has 0 saturated heterocycles. The normalized spacial score (nSPS) is 1.38. The fourth-order valence-corrected chi connectivity index (χ4v) is 0. The Morgan fingerprint density at radius 3 is 0.750 bits per heavy atom. The Morgan fingerprint density at radius 1 is 0.750 bits per heavy atom. The van der Waals surface area contributed by atoms with Crippen LogP contribution >= 0.6 is 0 Å². The van der Waals surface area contributed by atoms with Crippen LogP contribution in [-0.2, 0) is 19.5 Å². The van der Waals surface area contributed by atoms with Gasteiger partial charge < -0.3 is 64.3 Å². The Balaban J connectivity index is -0.00000000777. The van der Waals surface area contributed by atoms with Crippen molar-refractivity contribution in [3.8, 4) is 6.26 Å². The fraction of sp³-hybridized carbons (Fsp3) is 0. The quantitative estimate of drug-likeness (QED) is 0.281. The molecule has 0 radical (unpaired) electrons. The summed E-state index contributed by atoms with van der Waals surface area (Å²) in [5.41, 5.74) is 0. The van der Waals surface area contributed by atoms with Crippen molar-refractivity contribution < 1.29 is 76.0 Å². The van der Waals surface area contributed by atoms with Crippen molar-refractivity contribution in [2.24, 2.45) is 0 Å². The maximum absolute atomic E-state index is 7.94. The first-order chi connectivity index (χ1) is 7.41. The van der Waals surface area contributed by atoms with Gasteiger partial charge in [-0.25, -0.2) is 0 Å². The van der Waals surface area contributed by atoms with Gasteiger partial charge >= 0.3 is 70.9 Å². The molecule has 0 saturated carbocycles. The summed E-state index contributed by atoms with van der Waals surface area (Å²) in [5, 5.41) is 45.0. The van der Waals surface area contributed by atoms with E-state index in [2.05, 4.69) is 15.7 Å². The first-order valence-electron chi connectivity index (χ1n) is 1.70. The molecule has 0 atom stereocenters. The molecule has 0 rings (SSSR count). The van der Waals surface area contributed by atoms with Gasteiger partial charge in [0.1, 0.15) is 0 Å². The van der Waals surface area contributed by atoms with E-state index in [1.807, 2.05) is 0 Å². The SMILES string of the molecule is N#CO.[C-]#N.[C-]#N.[C-]#N.[C-]#N.[C-]#N.[K+].[O]=[Co]. The standard InChI is InChI=1S/CHNO.5CN.Co.K.O/c2-1-3;5*1-2;;;/h3H;;;;;;;;/q;5*-1;;+1;. The van der Waals surface area contributed by atoms with Crippen LogP contribution in [-0.4, -0.2) is 5.11 Å². The van der Waals surface area contributed by atoms with E-state index < -0.39 is 0 Å².